The molecule has 4 heterocycles. The smallest absolute Gasteiger partial charge is 0.480 e. The summed E-state index contributed by atoms with van der Waals surface area (Å²) in [5.41, 5.74) is 13.7. The molecule has 10 aromatic rings. The number of carbonyl (C=O) groups excluding carboxylic acids is 2. The van der Waals surface area contributed by atoms with E-state index in [-0.39, 0.29) is 119 Å². The van der Waals surface area contributed by atoms with Crippen LogP contribution in [0.5, 0.6) is 0 Å². The molecule has 2 unspecified atom stereocenters. The van der Waals surface area contributed by atoms with Crippen molar-refractivity contribution in [1.82, 2.24) is 20.9 Å². The number of alkyl halides is 1. The van der Waals surface area contributed by atoms with E-state index >= 15 is 0 Å². The normalized spacial score (nSPS) is 14.4. The van der Waals surface area contributed by atoms with Crippen LogP contribution < -0.4 is 38.7 Å². The van der Waals surface area contributed by atoms with E-state index in [4.69, 9.17) is 49.6 Å². The fraction of sp³-hybridized carbons (Fsp3) is 0.221. The number of phosphoric ester groups is 2. The van der Waals surface area contributed by atoms with E-state index in [1.807, 2.05) is 19.2 Å². The number of nitrogens with zero attached hydrogens (tertiary/aromatic N) is 2. The second-order valence-corrected chi connectivity index (χ2v) is 37.6. The number of hydrogen-bond donors (Lipinski definition) is 8. The molecule has 666 valence electrons. The first-order valence-corrected chi connectivity index (χ1v) is 47.3. The largest absolute Gasteiger partial charge is 1.00 e. The first kappa shape index (κ1) is 100. The fourth-order valence-electron chi connectivity index (χ4n) is 11.6. The van der Waals surface area contributed by atoms with Gasteiger partial charge in [-0.15, -0.1) is 0 Å². The molecule has 0 fully saturated rings. The molecule has 9 N–H and O–H groups in total. The molecule has 8 aromatic carbocycles. The zero-order chi connectivity index (χ0) is 83.2. The molecule has 0 bridgehead atoms. The minimum atomic E-state index is -4.33. The average Bonchev–Trinajstić information content (AvgIpc) is 1.09. The Kier molecular flexibility index (Phi) is 38.9. The van der Waals surface area contributed by atoms with Gasteiger partial charge in [0.2, 0.25) is 23.0 Å². The van der Waals surface area contributed by atoms with Crippen molar-refractivity contribution in [2.75, 3.05) is 62.3 Å². The summed E-state index contributed by atoms with van der Waals surface area (Å²) in [5, 5.41) is 46.9. The summed E-state index contributed by atoms with van der Waals surface area (Å²) in [5.74, 6) is -6.32. The maximum absolute atomic E-state index is 14.6. The van der Waals surface area contributed by atoms with E-state index in [0.29, 0.717) is 98.1 Å². The molecule has 0 aliphatic carbocycles. The SMILES string of the molecule is CNCCNC(=O)CSSc1cc2c(cc1SSCC(=O)O)COP(=O)(OCCl)OC2.Cc1c(-c2ccc(-c3ccccc3F)cc2)nc2ccc(F)cc2c1C(=O)O.Cc1c(C(=O)O)c2cc(F)ccc2[n+](COP2(=O)OCc3cc(SSCC(=O)O)c(SSCC(=O)NCCN)cc3CO2)c1-c1ccc(-c2ccccc2F)cc1.[Cl-].[Fm].[Fm].[Fm].[Fm]. The number of carboxylic acid groups (broad SMARTS) is 4. The van der Waals surface area contributed by atoms with Gasteiger partial charge in [-0.3, -0.25) is 41.8 Å². The van der Waals surface area contributed by atoms with Crippen LogP contribution in [-0.4, -0.2) is 123 Å². The fourth-order valence-corrected chi connectivity index (χ4v) is 22.9. The minimum Gasteiger partial charge on any atom is -1.00 e. The Morgan fingerprint density at radius 3 is 1.33 bits per heavy atom. The molecule has 2 aliphatic heterocycles. The zero-order valence-electron chi connectivity index (χ0n) is 63.0. The van der Waals surface area contributed by atoms with Crippen molar-refractivity contribution in [2.24, 2.45) is 5.73 Å². The topological polar surface area (TPSA) is 352 Å². The zero-order valence-corrected chi connectivity index (χ0v) is 82.4. The number of likely N-dealkylation sites (N-methyl/N-ethyl adjacent to an activating group) is 1. The van der Waals surface area contributed by atoms with Gasteiger partial charge in [0, 0.05) is 85.0 Å². The van der Waals surface area contributed by atoms with Crippen LogP contribution in [0.4, 0.5) is 17.6 Å². The van der Waals surface area contributed by atoms with Gasteiger partial charge in [-0.2, -0.15) is 4.57 Å². The van der Waals surface area contributed by atoms with Gasteiger partial charge in [-0.05, 0) is 139 Å². The Balaban J connectivity index is 0.000000345. The molecule has 24 nitrogen and oxygen atoms in total. The maximum Gasteiger partial charge on any atom is 0.480 e. The van der Waals surface area contributed by atoms with Gasteiger partial charge in [-0.25, -0.2) is 45.8 Å². The van der Waals surface area contributed by atoms with Crippen LogP contribution in [0, 0.1) is 37.1 Å². The maximum atomic E-state index is 14.6. The van der Waals surface area contributed by atoms with Crippen molar-refractivity contribution in [1.29, 1.82) is 0 Å². The number of benzene rings is 8. The third kappa shape index (κ3) is 26.6. The van der Waals surface area contributed by atoms with Crippen LogP contribution in [0.25, 0.3) is 66.6 Å². The van der Waals surface area contributed by atoms with E-state index in [1.165, 1.54) is 118 Å². The van der Waals surface area contributed by atoms with Crippen LogP contribution >= 0.6 is 114 Å². The number of aromatic nitrogens is 2. The molecule has 0 saturated carbocycles. The first-order valence-electron chi connectivity index (χ1n) is 34.6. The number of aromatic carboxylic acids is 2. The van der Waals surface area contributed by atoms with Crippen LogP contribution in [0.2, 0.25) is 0 Å². The predicted molar refractivity (Wildman–Crippen MR) is 449 cm³/mol. The van der Waals surface area contributed by atoms with Crippen molar-refractivity contribution in [3.63, 3.8) is 0 Å². The van der Waals surface area contributed by atoms with Crippen LogP contribution in [0.1, 0.15) is 54.1 Å². The number of halogens is 6. The third-order valence-electron chi connectivity index (χ3n) is 16.9. The van der Waals surface area contributed by atoms with E-state index < -0.39 is 63.7 Å². The Bertz CT molecular complexity index is 5450. The second-order valence-electron chi connectivity index (χ2n) is 24.7. The number of phosphoric acid groups is 2. The number of hydrogen-bond acceptors (Lipinski definition) is 25. The summed E-state index contributed by atoms with van der Waals surface area (Å²) < 4.78 is 118. The summed E-state index contributed by atoms with van der Waals surface area (Å²) in [7, 11) is 3.96. The monoisotopic (exact) mass is 2860 g/mol. The molecule has 44 heteroatoms. The number of amides is 2. The van der Waals surface area contributed by atoms with Gasteiger partial charge < -0.3 is 54.5 Å². The molecule has 2 aromatic heterocycles. The minimum absolute atomic E-state index is 0. The van der Waals surface area contributed by atoms with Gasteiger partial charge in [-0.1, -0.05) is 171 Å². The van der Waals surface area contributed by atoms with Crippen LogP contribution in [-0.2, 0) is 88.6 Å². The van der Waals surface area contributed by atoms with Crippen molar-refractivity contribution in [2.45, 2.75) is 66.6 Å². The molecule has 0 saturated heterocycles. The van der Waals surface area contributed by atoms with Gasteiger partial charge >= 0.3 is 39.5 Å². The molecule has 2 aliphatic rings. The number of nitrogens with one attached hydrogen (secondary N) is 3. The van der Waals surface area contributed by atoms with E-state index in [9.17, 15) is 70.8 Å². The standard InChI is InChI=1S/C38H34F2N3O9PS4.C23H15F2NO2.C16H22ClN2O7PS4.ClH.4Fm/c1-22-36(38(47)48)29-16-27(39)10-11-31(29)43(37(22)24-8-6-23(7-9-24)28-4-2-3-5-30(28)40)21-52-53(49)50-17-25-14-32(56-54-19-34(44)42-13-12-41)33(15-26(25)18-51-53)57-55-20-35(45)46;1-13-21(23(27)28)18-12-16(24)10-11-20(18)26-22(13)15-8-6-14(7-9-15)17-4-2-3-5-19(17)25;1-18-2-3-19-15(20)8-28-30-13-4-11-6-24-27(23,26-10-17)25-7-12(11)5-14(13)31-29-9-16(21)22;;;;;/h2-11,14-16H,12-13,17-21,41H2,1H3,(H2-,42,44,45,46,47,48);2-12H,1H3,(H,27,28);4-5,18H,2-3,6-10H2,1H3,(H,19,20)(H,21,22);1H;;;;. The molecule has 2 atom stereocenters. The van der Waals surface area contributed by atoms with Gasteiger partial charge in [0.15, 0.2) is 0 Å². The van der Waals surface area contributed by atoms with E-state index in [0.717, 1.165) is 42.7 Å². The van der Waals surface area contributed by atoms with Crippen molar-refractivity contribution >= 4 is 171 Å². The molecule has 12 rings (SSSR count). The predicted octanol–water partition coefficient (Wildman–Crippen LogP) is 15.0. The second kappa shape index (κ2) is 47.0. The summed E-state index contributed by atoms with van der Waals surface area (Å²) in [6, 6.07) is 41.2. The van der Waals surface area contributed by atoms with Gasteiger partial charge in [0.25, 0.3) is 6.73 Å². The van der Waals surface area contributed by atoms with Crippen molar-refractivity contribution in [3.05, 3.63) is 226 Å². The molecular weight excluding hydrogens is 2790 g/mol. The Labute approximate surface area is 711 Å². The summed E-state index contributed by atoms with van der Waals surface area (Å²) >= 11 is 5.49. The van der Waals surface area contributed by atoms with Crippen LogP contribution in [0.15, 0.2) is 177 Å². The van der Waals surface area contributed by atoms with Crippen LogP contribution in [0.3, 0.4) is 0 Å². The average molecular weight is 2860 g/mol. The molecule has 2 amide bonds. The number of carboxylic acids is 4. The number of pyridine rings is 2. The quantitative estimate of drug-likeness (QED) is 0.00485. The number of carbonyl (C=O) groups is 6. The molecule has 0 spiro atoms. The number of aliphatic carboxylic acids is 2. The van der Waals surface area contributed by atoms with E-state index in [2.05, 4.69) is 20.9 Å². The third-order valence-corrected chi connectivity index (χ3v) is 29.1. The molecular formula is C77H72Cl2F4Fm4N6O18P2S8. The molecule has 121 heavy (non-hydrogen) atoms. The Hall–Kier alpha value is -11.4. The summed E-state index contributed by atoms with van der Waals surface area (Å²) in [6.07, 6.45) is 0. The van der Waals surface area contributed by atoms with Gasteiger partial charge in [0.05, 0.1) is 65.7 Å². The molecule has 0 radical (unpaired) electrons. The summed E-state index contributed by atoms with van der Waals surface area (Å²) in [6.45, 7) is 4.29. The van der Waals surface area contributed by atoms with Crippen molar-refractivity contribution in [3.8, 4) is 44.8 Å². The number of nitrogens with two attached hydrogens (primary N) is 1. The van der Waals surface area contributed by atoms with Gasteiger partial charge in [0.1, 0.15) is 40.8 Å². The number of fused-ring (bicyclic) bond motifs is 4. The number of rotatable bonds is 32. The Morgan fingerprint density at radius 2 is 0.909 bits per heavy atom. The first-order chi connectivity index (χ1) is 55.7. The summed E-state index contributed by atoms with van der Waals surface area (Å²) in [4.78, 5) is 78.2. The Morgan fingerprint density at radius 1 is 0.512 bits per heavy atom. The van der Waals surface area contributed by atoms with Crippen molar-refractivity contribution < 1.29 is 120 Å². The van der Waals surface area contributed by atoms with E-state index in [1.54, 1.807) is 115 Å².